The smallest absolute Gasteiger partial charge is 0.329 e. The fourth-order valence-electron chi connectivity index (χ4n) is 10.2. The number of aryl methyl sites for hydroxylation is 2. The van der Waals surface area contributed by atoms with Crippen LogP contribution in [-0.4, -0.2) is 139 Å². The summed E-state index contributed by atoms with van der Waals surface area (Å²) in [7, 11) is 7.01. The number of halogens is 10. The number of aliphatic imine (C=N–C) groups is 1. The van der Waals surface area contributed by atoms with Gasteiger partial charge in [-0.1, -0.05) is 34.1 Å². The summed E-state index contributed by atoms with van der Waals surface area (Å²) < 4.78 is 148. The zero-order valence-corrected chi connectivity index (χ0v) is 55.5. The molecule has 0 radical (unpaired) electrons. The molecule has 7 aromatic rings. The number of carbonyl (C=O) groups excluding carboxylic acids is 3. The molecule has 2 aromatic heterocycles. The van der Waals surface area contributed by atoms with Crippen LogP contribution in [0, 0.1) is 71.6 Å². The van der Waals surface area contributed by atoms with E-state index in [1.54, 1.807) is 55.1 Å². The predicted octanol–water partition coefficient (Wildman–Crippen LogP) is 11.9. The summed E-state index contributed by atoms with van der Waals surface area (Å²) in [5.41, 5.74) is 14.4. The molecule has 4 aliphatic rings. The molecule has 6 heterocycles. The van der Waals surface area contributed by atoms with E-state index in [0.29, 0.717) is 37.8 Å². The first-order valence-corrected chi connectivity index (χ1v) is 31.1. The molecular formula is C67H72BrF9N12O8. The Labute approximate surface area is 562 Å². The molecule has 4 aliphatic heterocycles. The Hall–Kier alpha value is -9.20. The SMILES string of the molecule is C1CCNNC1.COC(=N)/C=C/c1ccc(-n2cnc(C)c2)c(OC)c1.COC(=O)C(Br)c1cc(F)c(F)c(F)c1.COC(=O)C(c1cc(F)c(F)c(F)c1)N1CCCCN1.COc1cc(/C=C/C2=NC(=O)C(c3cc(F)c(F)c(F)c3)N3CCCCN23)ccc1-n1cnc(C)c1. The number of fused-ring (bicyclic) bond motifs is 1. The molecular weight excluding hydrogens is 1350 g/mol. The number of nitrogens with one attached hydrogen (secondary N) is 4. The lowest BCUT2D eigenvalue weighted by atomic mass is 10.0. The Morgan fingerprint density at radius 3 is 1.51 bits per heavy atom. The zero-order valence-electron chi connectivity index (χ0n) is 53.9. The lowest BCUT2D eigenvalue weighted by Gasteiger charge is -2.45. The van der Waals surface area contributed by atoms with E-state index in [2.05, 4.69) is 56.6 Å². The van der Waals surface area contributed by atoms with Crippen molar-refractivity contribution < 1.29 is 77.6 Å². The first-order valence-electron chi connectivity index (χ1n) is 30.2. The molecule has 4 N–H and O–H groups in total. The number of ether oxygens (including phenoxy) is 5. The van der Waals surface area contributed by atoms with Gasteiger partial charge in [0.25, 0.3) is 5.91 Å². The Balaban J connectivity index is 0.000000187. The summed E-state index contributed by atoms with van der Waals surface area (Å²) in [5.74, 6) is -12.7. The molecule has 1 amide bonds. The minimum atomic E-state index is -1.57. The zero-order chi connectivity index (χ0) is 70.5. The van der Waals surface area contributed by atoms with Crippen LogP contribution in [0.5, 0.6) is 11.5 Å². The Kier molecular flexibility index (Phi) is 28.1. The summed E-state index contributed by atoms with van der Waals surface area (Å²) in [5, 5.41) is 12.6. The lowest BCUT2D eigenvalue weighted by molar-refractivity contribution is -0.149. The van der Waals surface area contributed by atoms with Gasteiger partial charge in [-0.15, -0.1) is 0 Å². The van der Waals surface area contributed by atoms with Crippen molar-refractivity contribution in [1.82, 2.24) is 50.4 Å². The van der Waals surface area contributed by atoms with Gasteiger partial charge in [0.1, 0.15) is 34.2 Å². The quantitative estimate of drug-likeness (QED) is 0.0199. The van der Waals surface area contributed by atoms with Gasteiger partial charge in [-0.2, -0.15) is 4.99 Å². The van der Waals surface area contributed by atoms with Crippen molar-refractivity contribution in [3.8, 4) is 22.9 Å². The molecule has 0 spiro atoms. The maximum absolute atomic E-state index is 13.9. The molecule has 3 atom stereocenters. The van der Waals surface area contributed by atoms with Crippen molar-refractivity contribution >= 4 is 57.7 Å². The van der Waals surface area contributed by atoms with E-state index >= 15 is 0 Å². The fraction of sp³-hybridized carbons (Fsp3) is 0.328. The number of amidine groups is 1. The van der Waals surface area contributed by atoms with Crippen LogP contribution in [0.1, 0.15) is 94.6 Å². The van der Waals surface area contributed by atoms with E-state index in [0.717, 1.165) is 122 Å². The van der Waals surface area contributed by atoms with Crippen LogP contribution in [0.3, 0.4) is 0 Å². The molecule has 30 heteroatoms. The number of benzene rings is 5. The molecule has 11 rings (SSSR count). The summed E-state index contributed by atoms with van der Waals surface area (Å²) in [6.07, 6.45) is 20.4. The number of nitrogens with zero attached hydrogens (tertiary/aromatic N) is 8. The first-order chi connectivity index (χ1) is 46.5. The van der Waals surface area contributed by atoms with Crippen LogP contribution >= 0.6 is 15.9 Å². The van der Waals surface area contributed by atoms with Crippen molar-refractivity contribution in [2.24, 2.45) is 4.99 Å². The largest absolute Gasteiger partial charge is 0.495 e. The molecule has 3 saturated heterocycles. The highest BCUT2D eigenvalue weighted by Crippen LogP contribution is 2.35. The number of alkyl halides is 1. The number of hydrogen-bond acceptors (Lipinski definition) is 17. The third-order valence-corrected chi connectivity index (χ3v) is 15.9. The second kappa shape index (κ2) is 36.2. The summed E-state index contributed by atoms with van der Waals surface area (Å²) in [6.45, 7) is 8.39. The van der Waals surface area contributed by atoms with Gasteiger partial charge in [-0.05, 0) is 153 Å². The Bertz CT molecular complexity index is 3900. The highest BCUT2D eigenvalue weighted by Gasteiger charge is 2.39. The number of esters is 2. The highest BCUT2D eigenvalue weighted by atomic mass is 79.9. The number of hydrogen-bond donors (Lipinski definition) is 4. The number of rotatable bonds is 14. The average Bonchev–Trinajstić information content (AvgIpc) is 1.41. The van der Waals surface area contributed by atoms with Crippen molar-refractivity contribution in [3.05, 3.63) is 202 Å². The van der Waals surface area contributed by atoms with Crippen LogP contribution in [0.4, 0.5) is 39.5 Å². The molecule has 97 heavy (non-hydrogen) atoms. The van der Waals surface area contributed by atoms with Gasteiger partial charge in [0.05, 0.1) is 71.0 Å². The summed E-state index contributed by atoms with van der Waals surface area (Å²) >= 11 is 2.87. The van der Waals surface area contributed by atoms with E-state index in [9.17, 15) is 53.9 Å². The molecule has 3 fully saturated rings. The molecule has 518 valence electrons. The normalized spacial score (nSPS) is 16.1. The van der Waals surface area contributed by atoms with Crippen LogP contribution < -0.4 is 25.8 Å². The third kappa shape index (κ3) is 20.2. The van der Waals surface area contributed by atoms with Crippen molar-refractivity contribution in [2.75, 3.05) is 74.8 Å². The van der Waals surface area contributed by atoms with Gasteiger partial charge in [0, 0.05) is 57.7 Å². The molecule has 20 nitrogen and oxygen atoms in total. The van der Waals surface area contributed by atoms with Gasteiger partial charge in [-0.3, -0.25) is 36.3 Å². The van der Waals surface area contributed by atoms with E-state index in [1.807, 2.05) is 82.9 Å². The second-order valence-corrected chi connectivity index (χ2v) is 22.6. The van der Waals surface area contributed by atoms with Crippen molar-refractivity contribution in [3.63, 3.8) is 0 Å². The van der Waals surface area contributed by atoms with Crippen LogP contribution in [0.15, 0.2) is 115 Å². The summed E-state index contributed by atoms with van der Waals surface area (Å²) in [6, 6.07) is 14.3. The molecule has 0 saturated carbocycles. The minimum absolute atomic E-state index is 0.0163. The van der Waals surface area contributed by atoms with Gasteiger partial charge in [0.2, 0.25) is 5.90 Å². The third-order valence-electron chi connectivity index (χ3n) is 15.0. The highest BCUT2D eigenvalue weighted by molar-refractivity contribution is 9.09. The van der Waals surface area contributed by atoms with E-state index in [4.69, 9.17) is 19.6 Å². The van der Waals surface area contributed by atoms with Crippen LogP contribution in [0.2, 0.25) is 0 Å². The average molecular weight is 1420 g/mol. The van der Waals surface area contributed by atoms with Gasteiger partial charge < -0.3 is 32.8 Å². The number of amides is 1. The minimum Gasteiger partial charge on any atom is -0.495 e. The van der Waals surface area contributed by atoms with E-state index in [1.165, 1.54) is 27.1 Å². The Morgan fingerprint density at radius 1 is 0.588 bits per heavy atom. The number of methoxy groups -OCH3 is 5. The second-order valence-electron chi connectivity index (χ2n) is 21.7. The van der Waals surface area contributed by atoms with E-state index in [-0.39, 0.29) is 22.6 Å². The fourth-order valence-corrected chi connectivity index (χ4v) is 10.6. The molecule has 0 aliphatic carbocycles. The van der Waals surface area contributed by atoms with Crippen LogP contribution in [0.25, 0.3) is 23.5 Å². The standard InChI is InChI=1S/C26H24F3N5O2.C15H17N3O2.C13H15F3N2O2.C9H6BrF3O2.C4H10N2/c1-16-14-32(15-30-16)21-7-5-17(11-22(21)36-2)6-8-23-31-26(35)25(34-10-4-3-9-33(23)34)18-12-19(27)24(29)20(28)13-18;1-11-9-18(10-17-11)13-6-4-12(8-14(13)19-2)5-7-15(16)20-3;1-20-13(19)12(18-5-3-2-4-17-18)8-6-9(14)11(16)10(15)7-8;1-15-9(14)7(10)4-2-5(11)8(13)6(12)3-4;1-2-4-6-5-3-1/h5-8,11-15,25H,3-4,9-10H2,1-2H3;4-10,16H,1-3H3;6-7,12,17H,2-5H2,1H3;2-3,7H,1H3;5-6H,1-4H2/b8-6+;7-5+,16-15?;;;. The maximum atomic E-state index is 13.9. The number of aromatic nitrogens is 4. The van der Waals surface area contributed by atoms with Crippen molar-refractivity contribution in [2.45, 2.75) is 69.3 Å². The van der Waals surface area contributed by atoms with Gasteiger partial charge in [-0.25, -0.2) is 64.3 Å². The molecule has 5 aromatic carbocycles. The summed E-state index contributed by atoms with van der Waals surface area (Å²) in [4.78, 5) is 47.6. The van der Waals surface area contributed by atoms with E-state index < -0.39 is 87.1 Å². The first kappa shape index (κ1) is 75.2. The lowest BCUT2D eigenvalue weighted by Crippen LogP contribution is -2.56. The van der Waals surface area contributed by atoms with Gasteiger partial charge in [0.15, 0.2) is 52.4 Å². The molecule has 0 bridgehead atoms. The van der Waals surface area contributed by atoms with Gasteiger partial charge >= 0.3 is 11.9 Å². The monoisotopic (exact) mass is 1420 g/mol. The maximum Gasteiger partial charge on any atom is 0.329 e. The van der Waals surface area contributed by atoms with Crippen LogP contribution in [-0.2, 0) is 28.6 Å². The Morgan fingerprint density at radius 2 is 1.06 bits per heavy atom. The number of hydrazine groups is 3. The number of carbonyl (C=O) groups is 3. The predicted molar refractivity (Wildman–Crippen MR) is 347 cm³/mol. The van der Waals surface area contributed by atoms with Crippen molar-refractivity contribution in [1.29, 1.82) is 5.41 Å². The molecule has 3 unspecified atom stereocenters. The topological polar surface area (TPSA) is 215 Å². The number of imidazole rings is 2.